The van der Waals surface area contributed by atoms with Crippen LogP contribution in [-0.4, -0.2) is 23.9 Å². The zero-order valence-corrected chi connectivity index (χ0v) is 12.4. The van der Waals surface area contributed by atoms with E-state index in [-0.39, 0.29) is 0 Å². The number of hydrogen-bond acceptors (Lipinski definition) is 2. The van der Waals surface area contributed by atoms with Crippen LogP contribution in [0.5, 0.6) is 0 Å². The molecule has 1 atom stereocenters. The quantitative estimate of drug-likeness (QED) is 0.852. The molecule has 1 aliphatic carbocycles. The first-order valence-corrected chi connectivity index (χ1v) is 7.49. The molecule has 0 radical (unpaired) electrons. The Balaban J connectivity index is 2.12. The number of hydrogen-bond donors (Lipinski definition) is 1. The van der Waals surface area contributed by atoms with Gasteiger partial charge in [-0.05, 0) is 48.8 Å². The molecule has 2 heteroatoms. The largest absolute Gasteiger partial charge is 0.390 e. The third-order valence-electron chi connectivity index (χ3n) is 4.80. The lowest BCUT2D eigenvalue weighted by atomic mass is 9.86. The highest BCUT2D eigenvalue weighted by atomic mass is 16.5. The molecule has 1 aromatic rings. The van der Waals surface area contributed by atoms with Crippen LogP contribution in [0.4, 0.5) is 0 Å². The second-order valence-electron chi connectivity index (χ2n) is 5.65. The Morgan fingerprint density at radius 2 is 1.89 bits per heavy atom. The third-order valence-corrected chi connectivity index (χ3v) is 4.80. The summed E-state index contributed by atoms with van der Waals surface area (Å²) in [5.41, 5.74) is 3.79. The van der Waals surface area contributed by atoms with Gasteiger partial charge >= 0.3 is 0 Å². The molecule has 19 heavy (non-hydrogen) atoms. The number of fused-ring (bicyclic) bond motifs is 1. The van der Waals surface area contributed by atoms with Gasteiger partial charge in [-0.2, -0.15) is 0 Å². The summed E-state index contributed by atoms with van der Waals surface area (Å²) in [5, 5.41) is 10.5. The molecule has 2 rings (SSSR count). The fraction of sp³-hybridized carbons (Fsp3) is 0.647. The van der Waals surface area contributed by atoms with Crippen LogP contribution in [0.2, 0.25) is 0 Å². The molecule has 0 amide bonds. The van der Waals surface area contributed by atoms with E-state index in [2.05, 4.69) is 32.0 Å². The maximum atomic E-state index is 10.5. The first-order chi connectivity index (χ1) is 9.15. The second-order valence-corrected chi connectivity index (χ2v) is 5.65. The van der Waals surface area contributed by atoms with Crippen molar-refractivity contribution in [3.8, 4) is 0 Å². The van der Waals surface area contributed by atoms with Gasteiger partial charge in [0.1, 0.15) is 0 Å². The van der Waals surface area contributed by atoms with E-state index in [1.165, 1.54) is 36.0 Å². The van der Waals surface area contributed by atoms with Crippen LogP contribution in [-0.2, 0) is 24.0 Å². The van der Waals surface area contributed by atoms with Gasteiger partial charge in [-0.25, -0.2) is 0 Å². The summed E-state index contributed by atoms with van der Waals surface area (Å²) in [7, 11) is 1.71. The molecule has 106 valence electrons. The molecule has 0 bridgehead atoms. The maximum absolute atomic E-state index is 10.5. The minimum absolute atomic E-state index is 0.404. The summed E-state index contributed by atoms with van der Waals surface area (Å²) < 4.78 is 5.61. The molecular weight excluding hydrogens is 236 g/mol. The number of aliphatic hydroxyl groups is 1. The Morgan fingerprint density at radius 3 is 2.53 bits per heavy atom. The molecule has 0 saturated heterocycles. The topological polar surface area (TPSA) is 29.5 Å². The highest BCUT2D eigenvalue weighted by molar-refractivity contribution is 5.35. The molecule has 0 aromatic heterocycles. The van der Waals surface area contributed by atoms with E-state index in [4.69, 9.17) is 4.74 Å². The smallest absolute Gasteiger partial charge is 0.0934 e. The number of benzene rings is 1. The number of ether oxygens (including phenoxy) is 1. The van der Waals surface area contributed by atoms with Gasteiger partial charge in [0.2, 0.25) is 0 Å². The van der Waals surface area contributed by atoms with Gasteiger partial charge in [0.15, 0.2) is 0 Å². The van der Waals surface area contributed by atoms with Gasteiger partial charge in [0.25, 0.3) is 0 Å². The van der Waals surface area contributed by atoms with Gasteiger partial charge in [-0.1, -0.05) is 32.0 Å². The predicted molar refractivity (Wildman–Crippen MR) is 78.5 cm³/mol. The van der Waals surface area contributed by atoms with Crippen molar-refractivity contribution in [3.05, 3.63) is 34.9 Å². The van der Waals surface area contributed by atoms with E-state index in [1.807, 2.05) is 0 Å². The lowest BCUT2D eigenvalue weighted by Gasteiger charge is -2.35. The Labute approximate surface area is 116 Å². The van der Waals surface area contributed by atoms with E-state index in [0.717, 1.165) is 12.8 Å². The minimum atomic E-state index is -0.438. The molecule has 1 aromatic carbocycles. The summed E-state index contributed by atoms with van der Waals surface area (Å²) in [5.74, 6) is 0. The Morgan fingerprint density at radius 1 is 1.21 bits per heavy atom. The van der Waals surface area contributed by atoms with Crippen LogP contribution < -0.4 is 0 Å². The number of rotatable bonds is 6. The Bertz CT molecular complexity index is 413. The standard InChI is InChI=1S/C17H26O2/c1-4-17(5-2,19-3)16(18)12-13-9-10-14-7-6-8-15(14)11-13/h9-11,16,18H,4-8,12H2,1-3H3. The van der Waals surface area contributed by atoms with Gasteiger partial charge in [0, 0.05) is 13.5 Å². The summed E-state index contributed by atoms with van der Waals surface area (Å²) >= 11 is 0. The summed E-state index contributed by atoms with van der Waals surface area (Å²) in [4.78, 5) is 0. The molecule has 2 nitrogen and oxygen atoms in total. The van der Waals surface area contributed by atoms with E-state index in [9.17, 15) is 5.11 Å². The number of aliphatic hydroxyl groups excluding tert-OH is 1. The van der Waals surface area contributed by atoms with Gasteiger partial charge in [0.05, 0.1) is 11.7 Å². The van der Waals surface area contributed by atoms with Crippen molar-refractivity contribution >= 4 is 0 Å². The van der Waals surface area contributed by atoms with Crippen LogP contribution in [0.1, 0.15) is 49.8 Å². The van der Waals surface area contributed by atoms with Crippen molar-refractivity contribution in [3.63, 3.8) is 0 Å². The monoisotopic (exact) mass is 262 g/mol. The third kappa shape index (κ3) is 2.85. The lowest BCUT2D eigenvalue weighted by molar-refractivity contribution is -0.106. The lowest BCUT2D eigenvalue weighted by Crippen LogP contribution is -2.44. The van der Waals surface area contributed by atoms with E-state index in [0.29, 0.717) is 6.42 Å². The number of aryl methyl sites for hydroxylation is 2. The average Bonchev–Trinajstić information content (AvgIpc) is 2.89. The molecule has 0 saturated carbocycles. The molecule has 1 N–H and O–H groups in total. The maximum Gasteiger partial charge on any atom is 0.0934 e. The molecule has 0 heterocycles. The zero-order valence-electron chi connectivity index (χ0n) is 12.4. The van der Waals surface area contributed by atoms with Crippen LogP contribution in [0, 0.1) is 0 Å². The van der Waals surface area contributed by atoms with Crippen molar-refractivity contribution in [2.75, 3.05) is 7.11 Å². The fourth-order valence-corrected chi connectivity index (χ4v) is 3.31. The van der Waals surface area contributed by atoms with Crippen molar-refractivity contribution in [1.82, 2.24) is 0 Å². The predicted octanol–water partition coefficient (Wildman–Crippen LogP) is 3.28. The van der Waals surface area contributed by atoms with Crippen molar-refractivity contribution in [2.45, 2.75) is 64.1 Å². The fourth-order valence-electron chi connectivity index (χ4n) is 3.31. The first-order valence-electron chi connectivity index (χ1n) is 7.49. The molecule has 1 unspecified atom stereocenters. The molecule has 0 aliphatic heterocycles. The molecular formula is C17H26O2. The average molecular weight is 262 g/mol. The summed E-state index contributed by atoms with van der Waals surface area (Å²) in [6.07, 6.45) is 5.60. The highest BCUT2D eigenvalue weighted by Gasteiger charge is 2.34. The summed E-state index contributed by atoms with van der Waals surface area (Å²) in [6.45, 7) is 4.16. The van der Waals surface area contributed by atoms with Crippen LogP contribution >= 0.6 is 0 Å². The zero-order chi connectivity index (χ0) is 13.9. The number of methoxy groups -OCH3 is 1. The first kappa shape index (κ1) is 14.5. The van der Waals surface area contributed by atoms with Crippen molar-refractivity contribution < 1.29 is 9.84 Å². The van der Waals surface area contributed by atoms with Crippen molar-refractivity contribution in [1.29, 1.82) is 0 Å². The Kier molecular flexibility index (Phi) is 4.64. The molecule has 1 aliphatic rings. The summed E-state index contributed by atoms with van der Waals surface area (Å²) in [6, 6.07) is 6.67. The van der Waals surface area contributed by atoms with Crippen molar-refractivity contribution in [2.24, 2.45) is 0 Å². The Hall–Kier alpha value is -0.860. The molecule has 0 spiro atoms. The van der Waals surface area contributed by atoms with E-state index >= 15 is 0 Å². The van der Waals surface area contributed by atoms with Crippen LogP contribution in [0.15, 0.2) is 18.2 Å². The molecule has 0 fully saturated rings. The van der Waals surface area contributed by atoms with E-state index < -0.39 is 11.7 Å². The normalized spacial score (nSPS) is 16.4. The highest BCUT2D eigenvalue weighted by Crippen LogP contribution is 2.28. The van der Waals surface area contributed by atoms with Gasteiger partial charge in [-0.15, -0.1) is 0 Å². The second kappa shape index (κ2) is 6.06. The van der Waals surface area contributed by atoms with Gasteiger partial charge < -0.3 is 9.84 Å². The van der Waals surface area contributed by atoms with Crippen LogP contribution in [0.3, 0.4) is 0 Å². The van der Waals surface area contributed by atoms with E-state index in [1.54, 1.807) is 7.11 Å². The van der Waals surface area contributed by atoms with Crippen LogP contribution in [0.25, 0.3) is 0 Å². The van der Waals surface area contributed by atoms with Gasteiger partial charge in [-0.3, -0.25) is 0 Å². The SMILES string of the molecule is CCC(CC)(OC)C(O)Cc1ccc2c(c1)CCC2. The minimum Gasteiger partial charge on any atom is -0.390 e.